The third kappa shape index (κ3) is 4.85. The molecule has 2 heterocycles. The Morgan fingerprint density at radius 1 is 0.500 bits per heavy atom. The highest BCUT2D eigenvalue weighted by Gasteiger charge is 2.42. The quantitative estimate of drug-likeness (QED) is 0.162. The molecule has 0 saturated heterocycles. The Bertz CT molecular complexity index is 2560. The Kier molecular flexibility index (Phi) is 7.57. The van der Waals surface area contributed by atoms with Crippen LogP contribution in [0.1, 0.15) is 17.5 Å². The van der Waals surface area contributed by atoms with Crippen molar-refractivity contribution in [1.82, 2.24) is 0 Å². The molecule has 0 nitrogen and oxygen atoms in total. The number of hydrogen-bond donors (Lipinski definition) is 0. The van der Waals surface area contributed by atoms with Crippen LogP contribution in [0.2, 0.25) is 0 Å². The summed E-state index contributed by atoms with van der Waals surface area (Å²) in [4.78, 5) is 8.27. The average molecular weight is 699 g/mol. The predicted octanol–water partition coefficient (Wildman–Crippen LogP) is 14.3. The molecule has 1 aromatic heterocycles. The standard InChI is InChI=1S/C50H34S2/c1-5-17-35(18-6-1)37-29-31-47-45(33-37)46-34-38(30-32-48(46)52(47,39-21-9-3-10-22-39)40-23-11-4-12-24-40)49-43-27-15-16-28-44(43)50(51-49)42-26-14-13-25-41(42)36-19-7-2-8-20-36/h1-7,9-15,17-19,21-27,29-34H,16,28H2. The first-order valence-corrected chi connectivity index (χ1v) is 20.3. The highest BCUT2D eigenvalue weighted by molar-refractivity contribution is 8.34. The minimum atomic E-state index is -1.74. The predicted molar refractivity (Wildman–Crippen MR) is 220 cm³/mol. The summed E-state index contributed by atoms with van der Waals surface area (Å²) >= 11 is 1.94. The van der Waals surface area contributed by atoms with Gasteiger partial charge in [0.25, 0.3) is 0 Å². The highest BCUT2D eigenvalue weighted by Crippen LogP contribution is 2.80. The van der Waals surface area contributed by atoms with Gasteiger partial charge in [0.1, 0.15) is 0 Å². The summed E-state index contributed by atoms with van der Waals surface area (Å²) in [6.07, 6.45) is 6.82. The molecular formula is C50H34S2. The summed E-state index contributed by atoms with van der Waals surface area (Å²) in [6, 6.07) is 69.3. The minimum absolute atomic E-state index is 1.04. The summed E-state index contributed by atoms with van der Waals surface area (Å²) in [6.45, 7) is 0. The topological polar surface area (TPSA) is 0 Å². The maximum Gasteiger partial charge on any atom is 0.0424 e. The molecule has 52 heavy (non-hydrogen) atoms. The van der Waals surface area contributed by atoms with Gasteiger partial charge in [0.05, 0.1) is 0 Å². The van der Waals surface area contributed by atoms with Crippen molar-refractivity contribution in [2.24, 2.45) is 0 Å². The van der Waals surface area contributed by atoms with E-state index in [4.69, 9.17) is 0 Å². The lowest BCUT2D eigenvalue weighted by Crippen LogP contribution is -2.01. The number of benzene rings is 6. The Balaban J connectivity index is 1.22. The summed E-state index contributed by atoms with van der Waals surface area (Å²) < 4.78 is 0. The van der Waals surface area contributed by atoms with Crippen LogP contribution in [0.15, 0.2) is 196 Å². The second-order valence-electron chi connectivity index (χ2n) is 13.4. The minimum Gasteiger partial charge on any atom is -0.134 e. The van der Waals surface area contributed by atoms with Crippen LogP contribution in [-0.4, -0.2) is 0 Å². The Hall–Kier alpha value is -5.85. The fourth-order valence-electron chi connectivity index (χ4n) is 8.17. The van der Waals surface area contributed by atoms with Crippen molar-refractivity contribution in [1.29, 1.82) is 0 Å². The van der Waals surface area contributed by atoms with E-state index in [1.807, 2.05) is 17.4 Å². The van der Waals surface area contributed by atoms with Crippen LogP contribution in [0.5, 0.6) is 0 Å². The molecule has 0 N–H and O–H groups in total. The molecule has 246 valence electrons. The molecule has 0 spiro atoms. The van der Waals surface area contributed by atoms with Crippen molar-refractivity contribution in [2.45, 2.75) is 32.4 Å². The van der Waals surface area contributed by atoms with Gasteiger partial charge >= 0.3 is 0 Å². The zero-order valence-corrected chi connectivity index (χ0v) is 30.2. The van der Waals surface area contributed by atoms with E-state index in [1.165, 1.54) is 79.4 Å². The van der Waals surface area contributed by atoms with Gasteiger partial charge < -0.3 is 0 Å². The first-order chi connectivity index (χ1) is 25.8. The van der Waals surface area contributed by atoms with E-state index >= 15 is 0 Å². The van der Waals surface area contributed by atoms with Gasteiger partial charge in [0.2, 0.25) is 0 Å². The monoisotopic (exact) mass is 698 g/mol. The van der Waals surface area contributed by atoms with Crippen molar-refractivity contribution < 1.29 is 0 Å². The molecule has 0 atom stereocenters. The van der Waals surface area contributed by atoms with Crippen molar-refractivity contribution >= 4 is 27.4 Å². The van der Waals surface area contributed by atoms with Crippen LogP contribution in [0.25, 0.3) is 60.3 Å². The van der Waals surface area contributed by atoms with Crippen molar-refractivity contribution in [3.63, 3.8) is 0 Å². The van der Waals surface area contributed by atoms with Crippen LogP contribution in [0.4, 0.5) is 0 Å². The SMILES string of the molecule is c1cccc(-c2ccccc2-c2sc(-c3ccc4c(c3)-c3cc(-c5ccccc5)ccc3S4(c3ccccc3)c3ccccc3)c3c2CCC=C3)c#1. The van der Waals surface area contributed by atoms with Gasteiger partial charge in [-0.2, -0.15) is 0 Å². The van der Waals surface area contributed by atoms with Crippen LogP contribution in [0.3, 0.4) is 0 Å². The van der Waals surface area contributed by atoms with Gasteiger partial charge in [-0.15, -0.1) is 21.4 Å². The van der Waals surface area contributed by atoms with Gasteiger partial charge in [-0.1, -0.05) is 133 Å². The summed E-state index contributed by atoms with van der Waals surface area (Å²) in [5, 5.41) is 0. The number of hydrogen-bond acceptors (Lipinski definition) is 1. The van der Waals surface area contributed by atoms with Crippen LogP contribution in [-0.2, 0) is 6.42 Å². The molecule has 1 aliphatic heterocycles. The lowest BCUT2D eigenvalue weighted by molar-refractivity contribution is 0.996. The number of rotatable bonds is 6. The van der Waals surface area contributed by atoms with E-state index < -0.39 is 10.0 Å². The van der Waals surface area contributed by atoms with E-state index in [9.17, 15) is 0 Å². The molecule has 1 aliphatic carbocycles. The maximum absolute atomic E-state index is 3.37. The summed E-state index contributed by atoms with van der Waals surface area (Å²) in [7, 11) is -1.74. The smallest absolute Gasteiger partial charge is 0.0424 e. The molecule has 0 bridgehead atoms. The van der Waals surface area contributed by atoms with E-state index in [2.05, 4.69) is 188 Å². The number of fused-ring (bicyclic) bond motifs is 4. The maximum atomic E-state index is 3.37. The second kappa shape index (κ2) is 12.7. The first-order valence-electron chi connectivity index (χ1n) is 17.9. The molecule has 7 aromatic carbocycles. The molecule has 0 saturated carbocycles. The van der Waals surface area contributed by atoms with E-state index in [1.54, 1.807) is 0 Å². The third-order valence-electron chi connectivity index (χ3n) is 10.5. The molecular weight excluding hydrogens is 665 g/mol. The fourth-order valence-corrected chi connectivity index (χ4v) is 13.7. The summed E-state index contributed by atoms with van der Waals surface area (Å²) in [5.74, 6) is 0. The Morgan fingerprint density at radius 3 is 1.79 bits per heavy atom. The first kappa shape index (κ1) is 30.9. The molecule has 0 fully saturated rings. The lowest BCUT2D eigenvalue weighted by Gasteiger charge is -2.39. The third-order valence-corrected chi connectivity index (χ3v) is 15.8. The van der Waals surface area contributed by atoms with Crippen LogP contribution < -0.4 is 0 Å². The molecule has 0 amide bonds. The molecule has 10 rings (SSSR count). The largest absolute Gasteiger partial charge is 0.134 e. The average Bonchev–Trinajstić information content (AvgIpc) is 3.76. The van der Waals surface area contributed by atoms with Gasteiger partial charge in [0, 0.05) is 40.5 Å². The van der Waals surface area contributed by atoms with Crippen molar-refractivity contribution in [2.75, 3.05) is 0 Å². The van der Waals surface area contributed by atoms with Crippen LogP contribution in [0, 0.1) is 12.1 Å². The van der Waals surface area contributed by atoms with Crippen molar-refractivity contribution in [3.8, 4) is 54.3 Å². The zero-order chi connectivity index (χ0) is 34.5. The van der Waals surface area contributed by atoms with Gasteiger partial charge in [-0.25, -0.2) is 0 Å². The molecule has 0 radical (unpaired) electrons. The van der Waals surface area contributed by atoms with Crippen molar-refractivity contribution in [3.05, 3.63) is 199 Å². The number of thiophene rings is 1. The second-order valence-corrected chi connectivity index (χ2v) is 17.4. The molecule has 2 heteroatoms. The van der Waals surface area contributed by atoms with E-state index in [-0.39, 0.29) is 0 Å². The van der Waals surface area contributed by atoms with Gasteiger partial charge in [-0.3, -0.25) is 0 Å². The highest BCUT2D eigenvalue weighted by atomic mass is 32.3. The fraction of sp³-hybridized carbons (Fsp3) is 0.0400. The number of allylic oxidation sites excluding steroid dienone is 1. The van der Waals surface area contributed by atoms with E-state index in [0.29, 0.717) is 0 Å². The summed E-state index contributed by atoms with van der Waals surface area (Å²) in [5.41, 5.74) is 12.8. The molecule has 2 aliphatic rings. The lowest BCUT2D eigenvalue weighted by atomic mass is 9.91. The van der Waals surface area contributed by atoms with E-state index in [0.717, 1.165) is 18.4 Å². The Morgan fingerprint density at radius 2 is 1.12 bits per heavy atom. The zero-order valence-electron chi connectivity index (χ0n) is 28.6. The Labute approximate surface area is 311 Å². The van der Waals surface area contributed by atoms with Gasteiger partial charge in [-0.05, 0) is 118 Å². The van der Waals surface area contributed by atoms with Gasteiger partial charge in [0.15, 0.2) is 0 Å². The molecule has 8 aromatic rings. The molecule has 0 unspecified atom stereocenters. The van der Waals surface area contributed by atoms with Crippen LogP contribution >= 0.6 is 21.4 Å². The normalized spacial score (nSPS) is 14.2.